The van der Waals surface area contributed by atoms with E-state index < -0.39 is 17.7 Å². The van der Waals surface area contributed by atoms with Gasteiger partial charge in [-0.15, -0.1) is 10.2 Å². The first-order valence-electron chi connectivity index (χ1n) is 11.1. The lowest BCUT2D eigenvalue weighted by atomic mass is 10.1. The van der Waals surface area contributed by atoms with Crippen LogP contribution in [-0.2, 0) is 22.6 Å². The van der Waals surface area contributed by atoms with Crippen LogP contribution >= 0.6 is 15.9 Å². The number of aromatic nitrogens is 2. The molecular formula is C26H28BrN3O5. The Morgan fingerprint density at radius 1 is 1.00 bits per heavy atom. The first kappa shape index (κ1) is 26.2. The minimum atomic E-state index is -0.725. The topological polar surface area (TPSA) is 90.8 Å². The van der Waals surface area contributed by atoms with Gasteiger partial charge in [0.15, 0.2) is 11.5 Å². The number of benzene rings is 2. The van der Waals surface area contributed by atoms with Crippen LogP contribution in [0.25, 0.3) is 0 Å². The van der Waals surface area contributed by atoms with Gasteiger partial charge in [-0.2, -0.15) is 0 Å². The lowest BCUT2D eigenvalue weighted by Gasteiger charge is -2.27. The number of carbonyl (C=O) groups excluding carboxylic acids is 2. The Bertz CT molecular complexity index is 1150. The fourth-order valence-corrected chi connectivity index (χ4v) is 3.47. The highest BCUT2D eigenvalue weighted by Gasteiger charge is 2.26. The molecule has 0 unspecified atom stereocenters. The molecule has 0 radical (unpaired) electrons. The van der Waals surface area contributed by atoms with Gasteiger partial charge in [0.2, 0.25) is 0 Å². The maximum atomic E-state index is 13.2. The largest absolute Gasteiger partial charge is 0.489 e. The average molecular weight is 542 g/mol. The predicted molar refractivity (Wildman–Crippen MR) is 135 cm³/mol. The number of anilines is 1. The molecule has 1 heterocycles. The summed E-state index contributed by atoms with van der Waals surface area (Å²) < 4.78 is 17.5. The summed E-state index contributed by atoms with van der Waals surface area (Å²) in [6.07, 6.45) is -0.607. The summed E-state index contributed by atoms with van der Waals surface area (Å²) in [4.78, 5) is 26.5. The summed E-state index contributed by atoms with van der Waals surface area (Å²) in [5.41, 5.74) is 1.08. The molecule has 0 spiro atoms. The number of halogens is 1. The van der Waals surface area contributed by atoms with E-state index in [9.17, 15) is 9.59 Å². The molecule has 9 heteroatoms. The molecule has 3 aromatic rings. The Morgan fingerprint density at radius 3 is 2.37 bits per heavy atom. The lowest BCUT2D eigenvalue weighted by molar-refractivity contribution is 0.0517. The van der Waals surface area contributed by atoms with E-state index in [1.807, 2.05) is 48.5 Å². The molecule has 0 atom stereocenters. The molecule has 0 saturated heterocycles. The zero-order valence-corrected chi connectivity index (χ0v) is 21.7. The van der Waals surface area contributed by atoms with Gasteiger partial charge in [-0.05, 0) is 63.6 Å². The number of carbonyl (C=O) groups is 2. The standard InChI is InChI=1S/C26H28BrN3O5/c1-5-33-24(31)21-12-14-23(29-28-21)30(25(32)35-26(2,3)4)16-19-15-20(27)11-13-22(19)34-17-18-9-7-6-8-10-18/h6-15H,5,16-17H2,1-4H3. The molecule has 8 nitrogen and oxygen atoms in total. The average Bonchev–Trinajstić information content (AvgIpc) is 2.82. The van der Waals surface area contributed by atoms with Crippen LogP contribution in [0.4, 0.5) is 10.6 Å². The van der Waals surface area contributed by atoms with Crippen molar-refractivity contribution in [3.63, 3.8) is 0 Å². The van der Waals surface area contributed by atoms with Gasteiger partial charge in [-0.25, -0.2) is 9.59 Å². The number of rotatable bonds is 8. The zero-order valence-electron chi connectivity index (χ0n) is 20.2. The van der Waals surface area contributed by atoms with Crippen molar-refractivity contribution in [2.75, 3.05) is 11.5 Å². The molecule has 3 rings (SSSR count). The van der Waals surface area contributed by atoms with Crippen molar-refractivity contribution in [3.8, 4) is 5.75 Å². The minimum Gasteiger partial charge on any atom is -0.489 e. The van der Waals surface area contributed by atoms with Crippen molar-refractivity contribution in [2.24, 2.45) is 0 Å². The van der Waals surface area contributed by atoms with Crippen LogP contribution in [0.1, 0.15) is 49.3 Å². The molecule has 0 fully saturated rings. The molecule has 0 saturated carbocycles. The van der Waals surface area contributed by atoms with Crippen molar-refractivity contribution >= 4 is 33.8 Å². The Hall–Kier alpha value is -3.46. The second kappa shape index (κ2) is 11.8. The normalized spacial score (nSPS) is 11.0. The van der Waals surface area contributed by atoms with E-state index in [2.05, 4.69) is 26.1 Å². The highest BCUT2D eigenvalue weighted by Crippen LogP contribution is 2.28. The third kappa shape index (κ3) is 7.78. The number of hydrogen-bond donors (Lipinski definition) is 0. The Kier molecular flexibility index (Phi) is 8.81. The molecule has 35 heavy (non-hydrogen) atoms. The van der Waals surface area contributed by atoms with Crippen molar-refractivity contribution in [3.05, 3.63) is 82.0 Å². The molecular weight excluding hydrogens is 514 g/mol. The van der Waals surface area contributed by atoms with Crippen LogP contribution in [0.3, 0.4) is 0 Å². The molecule has 0 bridgehead atoms. The van der Waals surface area contributed by atoms with Gasteiger partial charge in [0.25, 0.3) is 0 Å². The minimum absolute atomic E-state index is 0.0501. The highest BCUT2D eigenvalue weighted by atomic mass is 79.9. The van der Waals surface area contributed by atoms with E-state index in [0.29, 0.717) is 12.4 Å². The van der Waals surface area contributed by atoms with Crippen LogP contribution in [0.2, 0.25) is 0 Å². The van der Waals surface area contributed by atoms with E-state index >= 15 is 0 Å². The van der Waals surface area contributed by atoms with E-state index in [0.717, 1.165) is 15.6 Å². The maximum Gasteiger partial charge on any atom is 0.416 e. The summed E-state index contributed by atoms with van der Waals surface area (Å²) >= 11 is 3.49. The summed E-state index contributed by atoms with van der Waals surface area (Å²) in [5, 5.41) is 8.04. The molecule has 1 amide bonds. The monoisotopic (exact) mass is 541 g/mol. The van der Waals surface area contributed by atoms with Crippen LogP contribution < -0.4 is 9.64 Å². The molecule has 0 N–H and O–H groups in total. The van der Waals surface area contributed by atoms with Crippen LogP contribution in [0.5, 0.6) is 5.75 Å². The van der Waals surface area contributed by atoms with E-state index in [1.165, 1.54) is 17.0 Å². The van der Waals surface area contributed by atoms with Gasteiger partial charge in [0, 0.05) is 10.0 Å². The van der Waals surface area contributed by atoms with E-state index in [1.54, 1.807) is 27.7 Å². The lowest BCUT2D eigenvalue weighted by Crippen LogP contribution is -2.37. The molecule has 0 aliphatic heterocycles. The third-order valence-electron chi connectivity index (χ3n) is 4.61. The van der Waals surface area contributed by atoms with Gasteiger partial charge in [0.1, 0.15) is 18.0 Å². The first-order valence-corrected chi connectivity index (χ1v) is 11.9. The third-order valence-corrected chi connectivity index (χ3v) is 5.11. The van der Waals surface area contributed by atoms with Gasteiger partial charge in [0.05, 0.1) is 13.2 Å². The highest BCUT2D eigenvalue weighted by molar-refractivity contribution is 9.10. The predicted octanol–water partition coefficient (Wildman–Crippen LogP) is 5.94. The fourth-order valence-electron chi connectivity index (χ4n) is 3.06. The second-order valence-corrected chi connectivity index (χ2v) is 9.51. The van der Waals surface area contributed by atoms with Gasteiger partial charge >= 0.3 is 12.1 Å². The number of ether oxygens (including phenoxy) is 3. The van der Waals surface area contributed by atoms with Crippen molar-refractivity contribution < 1.29 is 23.8 Å². The summed E-state index contributed by atoms with van der Waals surface area (Å²) in [6.45, 7) is 7.76. The fraction of sp³-hybridized carbons (Fsp3) is 0.308. The number of amides is 1. The number of hydrogen-bond acceptors (Lipinski definition) is 7. The summed E-state index contributed by atoms with van der Waals surface area (Å²) in [7, 11) is 0. The Balaban J connectivity index is 1.90. The maximum absolute atomic E-state index is 13.2. The van der Waals surface area contributed by atoms with Crippen molar-refractivity contribution in [1.82, 2.24) is 10.2 Å². The van der Waals surface area contributed by atoms with Gasteiger partial charge < -0.3 is 14.2 Å². The smallest absolute Gasteiger partial charge is 0.416 e. The van der Waals surface area contributed by atoms with Crippen LogP contribution in [0, 0.1) is 0 Å². The Labute approximate surface area is 213 Å². The summed E-state index contributed by atoms with van der Waals surface area (Å²) in [5.74, 6) is 0.252. The summed E-state index contributed by atoms with van der Waals surface area (Å²) in [6, 6.07) is 18.4. The molecule has 0 aliphatic carbocycles. The van der Waals surface area contributed by atoms with E-state index in [4.69, 9.17) is 14.2 Å². The van der Waals surface area contributed by atoms with Gasteiger partial charge in [-0.3, -0.25) is 4.90 Å². The molecule has 0 aliphatic rings. The first-order chi connectivity index (χ1) is 16.7. The Morgan fingerprint density at radius 2 is 1.74 bits per heavy atom. The molecule has 2 aromatic carbocycles. The number of esters is 1. The van der Waals surface area contributed by atoms with E-state index in [-0.39, 0.29) is 24.7 Å². The molecule has 184 valence electrons. The van der Waals surface area contributed by atoms with Crippen molar-refractivity contribution in [1.29, 1.82) is 0 Å². The van der Waals surface area contributed by atoms with Crippen LogP contribution in [-0.4, -0.2) is 34.5 Å². The van der Waals surface area contributed by atoms with Crippen LogP contribution in [0.15, 0.2) is 65.1 Å². The zero-order chi connectivity index (χ0) is 25.4. The van der Waals surface area contributed by atoms with Crippen molar-refractivity contribution in [2.45, 2.75) is 46.4 Å². The SMILES string of the molecule is CCOC(=O)c1ccc(N(Cc2cc(Br)ccc2OCc2ccccc2)C(=O)OC(C)(C)C)nn1. The number of nitrogens with zero attached hydrogens (tertiary/aromatic N) is 3. The van der Waals surface area contributed by atoms with Gasteiger partial charge in [-0.1, -0.05) is 46.3 Å². The molecule has 1 aromatic heterocycles. The second-order valence-electron chi connectivity index (χ2n) is 8.59. The quantitative estimate of drug-likeness (QED) is 0.326.